The molecule has 2 rings (SSSR count). The molecule has 0 radical (unpaired) electrons. The fraction of sp³-hybridized carbons (Fsp3) is 0.182. The second-order valence-electron chi connectivity index (χ2n) is 2.96. The molecule has 0 spiro atoms. The van der Waals surface area contributed by atoms with Gasteiger partial charge in [-0.25, -0.2) is 4.79 Å². The van der Waals surface area contributed by atoms with Crippen molar-refractivity contribution in [2.75, 3.05) is 6.61 Å². The Hall–Kier alpha value is -1.06. The van der Waals surface area contributed by atoms with Crippen LogP contribution >= 0.6 is 22.9 Å². The number of ether oxygens (including phenoxy) is 1. The molecule has 0 fully saturated rings. The van der Waals surface area contributed by atoms with Gasteiger partial charge in [0, 0.05) is 10.1 Å². The normalized spacial score (nSPS) is 10.5. The molecule has 0 aliphatic carbocycles. The molecule has 0 aliphatic heterocycles. The Morgan fingerprint density at radius 2 is 2.20 bits per heavy atom. The predicted octanol–water partition coefficient (Wildman–Crippen LogP) is 3.73. The van der Waals surface area contributed by atoms with Crippen molar-refractivity contribution in [3.8, 4) is 0 Å². The highest BCUT2D eigenvalue weighted by atomic mass is 35.5. The maximum atomic E-state index is 11.5. The zero-order chi connectivity index (χ0) is 10.8. The minimum atomic E-state index is -0.344. The maximum absolute atomic E-state index is 11.5. The van der Waals surface area contributed by atoms with Crippen molar-refractivity contribution < 1.29 is 9.53 Å². The summed E-state index contributed by atoms with van der Waals surface area (Å²) in [4.78, 5) is 12.0. The molecule has 15 heavy (non-hydrogen) atoms. The highest BCUT2D eigenvalue weighted by Gasteiger charge is 2.17. The minimum absolute atomic E-state index is 0.344. The van der Waals surface area contributed by atoms with Crippen LogP contribution in [0.25, 0.3) is 10.1 Å². The van der Waals surface area contributed by atoms with Crippen LogP contribution < -0.4 is 0 Å². The van der Waals surface area contributed by atoms with Gasteiger partial charge < -0.3 is 4.74 Å². The largest absolute Gasteiger partial charge is 0.462 e. The van der Waals surface area contributed by atoms with Crippen molar-refractivity contribution in [2.45, 2.75) is 6.92 Å². The van der Waals surface area contributed by atoms with Gasteiger partial charge in [0.1, 0.15) is 4.88 Å². The molecule has 1 heterocycles. The molecule has 1 aromatic heterocycles. The Labute approximate surface area is 96.4 Å². The van der Waals surface area contributed by atoms with E-state index in [9.17, 15) is 4.79 Å². The molecule has 0 bridgehead atoms. The van der Waals surface area contributed by atoms with Gasteiger partial charge in [-0.15, -0.1) is 11.3 Å². The molecule has 4 heteroatoms. The second kappa shape index (κ2) is 4.21. The molecule has 0 unspecified atom stereocenters. The molecule has 2 nitrogen and oxygen atoms in total. The minimum Gasteiger partial charge on any atom is -0.462 e. The summed E-state index contributed by atoms with van der Waals surface area (Å²) in [5, 5.41) is 1.40. The van der Waals surface area contributed by atoms with Gasteiger partial charge in [0.2, 0.25) is 0 Å². The van der Waals surface area contributed by atoms with Gasteiger partial charge in [0.15, 0.2) is 0 Å². The molecule has 1 aromatic carbocycles. The van der Waals surface area contributed by atoms with Crippen molar-refractivity contribution in [1.82, 2.24) is 0 Å². The molecule has 0 aliphatic rings. The molecular formula is C11H9ClO2S. The van der Waals surface area contributed by atoms with Crippen LogP contribution in [0, 0.1) is 0 Å². The number of thiophene rings is 1. The third-order valence-electron chi connectivity index (χ3n) is 2.00. The van der Waals surface area contributed by atoms with Crippen LogP contribution in [0.15, 0.2) is 24.3 Å². The highest BCUT2D eigenvalue weighted by molar-refractivity contribution is 7.21. The molecule has 78 valence electrons. The summed E-state index contributed by atoms with van der Waals surface area (Å²) in [6.45, 7) is 2.14. The topological polar surface area (TPSA) is 26.3 Å². The van der Waals surface area contributed by atoms with Crippen LogP contribution in [0.4, 0.5) is 0 Å². The smallest absolute Gasteiger partial charge is 0.349 e. The highest BCUT2D eigenvalue weighted by Crippen LogP contribution is 2.35. The third kappa shape index (κ3) is 1.85. The number of carbonyl (C=O) groups is 1. The lowest BCUT2D eigenvalue weighted by atomic mass is 10.2. The van der Waals surface area contributed by atoms with Gasteiger partial charge in [-0.1, -0.05) is 29.8 Å². The van der Waals surface area contributed by atoms with Crippen molar-refractivity contribution in [3.05, 3.63) is 34.2 Å². The average molecular weight is 241 g/mol. The summed E-state index contributed by atoms with van der Waals surface area (Å²) in [5.41, 5.74) is 0. The predicted molar refractivity (Wildman–Crippen MR) is 62.8 cm³/mol. The number of esters is 1. The number of fused-ring (bicyclic) bond motifs is 1. The Kier molecular flexibility index (Phi) is 2.93. The molecule has 0 saturated carbocycles. The maximum Gasteiger partial charge on any atom is 0.349 e. The summed E-state index contributed by atoms with van der Waals surface area (Å²) < 4.78 is 5.93. The molecule has 0 saturated heterocycles. The first-order valence-corrected chi connectivity index (χ1v) is 5.77. The SMILES string of the molecule is CCOC(=O)c1sc2ccccc2c1Cl. The van der Waals surface area contributed by atoms with E-state index in [-0.39, 0.29) is 5.97 Å². The first-order valence-electron chi connectivity index (χ1n) is 4.58. The first kappa shape index (κ1) is 10.5. The van der Waals surface area contributed by atoms with Crippen molar-refractivity contribution in [3.63, 3.8) is 0 Å². The lowest BCUT2D eigenvalue weighted by molar-refractivity contribution is 0.0532. The molecular weight excluding hydrogens is 232 g/mol. The van der Waals surface area contributed by atoms with E-state index in [0.717, 1.165) is 10.1 Å². The number of hydrogen-bond donors (Lipinski definition) is 0. The van der Waals surface area contributed by atoms with Gasteiger partial charge in [-0.2, -0.15) is 0 Å². The number of carbonyl (C=O) groups excluding carboxylic acids is 1. The number of benzene rings is 1. The zero-order valence-electron chi connectivity index (χ0n) is 8.12. The zero-order valence-corrected chi connectivity index (χ0v) is 9.69. The summed E-state index contributed by atoms with van der Waals surface area (Å²) >= 11 is 7.46. The fourth-order valence-electron chi connectivity index (χ4n) is 1.34. The first-order chi connectivity index (χ1) is 7.24. The van der Waals surface area contributed by atoms with Gasteiger partial charge >= 0.3 is 5.97 Å². The molecule has 2 aromatic rings. The summed E-state index contributed by atoms with van der Waals surface area (Å²) in [5.74, 6) is -0.344. The van der Waals surface area contributed by atoms with E-state index >= 15 is 0 Å². The summed E-state index contributed by atoms with van der Waals surface area (Å²) in [7, 11) is 0. The van der Waals surface area contributed by atoms with Gasteiger partial charge in [-0.05, 0) is 13.0 Å². The van der Waals surface area contributed by atoms with Gasteiger partial charge in [-0.3, -0.25) is 0 Å². The van der Waals surface area contributed by atoms with E-state index in [4.69, 9.17) is 16.3 Å². The lowest BCUT2D eigenvalue weighted by Gasteiger charge is -1.97. The molecule has 0 amide bonds. The number of hydrogen-bond acceptors (Lipinski definition) is 3. The fourth-order valence-corrected chi connectivity index (χ4v) is 2.74. The van der Waals surface area contributed by atoms with Crippen LogP contribution in [-0.2, 0) is 4.74 Å². The standard InChI is InChI=1S/C11H9ClO2S/c1-2-14-11(13)10-9(12)7-5-3-4-6-8(7)15-10/h3-6H,2H2,1H3. The summed E-state index contributed by atoms with van der Waals surface area (Å²) in [6, 6.07) is 7.66. The van der Waals surface area contributed by atoms with E-state index in [1.54, 1.807) is 6.92 Å². The Morgan fingerprint density at radius 1 is 1.47 bits per heavy atom. The van der Waals surface area contributed by atoms with E-state index in [2.05, 4.69) is 0 Å². The van der Waals surface area contributed by atoms with Crippen molar-refractivity contribution in [2.24, 2.45) is 0 Å². The Morgan fingerprint density at radius 3 is 2.87 bits per heavy atom. The lowest BCUT2D eigenvalue weighted by Crippen LogP contribution is -2.02. The number of rotatable bonds is 2. The monoisotopic (exact) mass is 240 g/mol. The molecule has 0 N–H and O–H groups in total. The quantitative estimate of drug-likeness (QED) is 0.748. The van der Waals surface area contributed by atoms with E-state index < -0.39 is 0 Å². The third-order valence-corrected chi connectivity index (χ3v) is 3.65. The van der Waals surface area contributed by atoms with Crippen molar-refractivity contribution in [1.29, 1.82) is 0 Å². The van der Waals surface area contributed by atoms with Crippen LogP contribution in [0.5, 0.6) is 0 Å². The Balaban J connectivity index is 2.53. The van der Waals surface area contributed by atoms with Crippen LogP contribution in [0.3, 0.4) is 0 Å². The Bertz CT molecular complexity index is 504. The number of halogens is 1. The van der Waals surface area contributed by atoms with E-state index in [1.807, 2.05) is 24.3 Å². The average Bonchev–Trinajstić information content (AvgIpc) is 2.57. The summed E-state index contributed by atoms with van der Waals surface area (Å²) in [6.07, 6.45) is 0. The van der Waals surface area contributed by atoms with Crippen molar-refractivity contribution >= 4 is 39.0 Å². The molecule has 0 atom stereocenters. The van der Waals surface area contributed by atoms with Gasteiger partial charge in [0.25, 0.3) is 0 Å². The second-order valence-corrected chi connectivity index (χ2v) is 4.39. The van der Waals surface area contributed by atoms with Crippen LogP contribution in [0.1, 0.15) is 16.6 Å². The van der Waals surface area contributed by atoms with Crippen LogP contribution in [0.2, 0.25) is 5.02 Å². The van der Waals surface area contributed by atoms with E-state index in [0.29, 0.717) is 16.5 Å². The van der Waals surface area contributed by atoms with Gasteiger partial charge in [0.05, 0.1) is 11.6 Å². The van der Waals surface area contributed by atoms with E-state index in [1.165, 1.54) is 11.3 Å². The van der Waals surface area contributed by atoms with Crippen LogP contribution in [-0.4, -0.2) is 12.6 Å².